The summed E-state index contributed by atoms with van der Waals surface area (Å²) in [6.45, 7) is 0.156. The van der Waals surface area contributed by atoms with Crippen molar-refractivity contribution < 1.29 is 9.53 Å². The lowest BCUT2D eigenvalue weighted by atomic mass is 10.2. The number of rotatable bonds is 3. The molecule has 0 fully saturated rings. The molecule has 0 aliphatic rings. The first-order chi connectivity index (χ1) is 8.66. The predicted molar refractivity (Wildman–Crippen MR) is 71.4 cm³/mol. The van der Waals surface area contributed by atoms with Crippen molar-refractivity contribution in [3.63, 3.8) is 0 Å². The minimum Gasteiger partial charge on any atom is -0.457 e. The van der Waals surface area contributed by atoms with Crippen LogP contribution in [0.2, 0.25) is 5.02 Å². The van der Waals surface area contributed by atoms with Crippen LogP contribution in [0, 0.1) is 0 Å². The average molecular weight is 262 g/mol. The average Bonchev–Trinajstić information content (AvgIpc) is 2.38. The minimum absolute atomic E-state index is 0.156. The third kappa shape index (κ3) is 3.02. The van der Waals surface area contributed by atoms with Gasteiger partial charge in [0.15, 0.2) is 0 Å². The molecule has 0 spiro atoms. The van der Waals surface area contributed by atoms with Crippen molar-refractivity contribution >= 4 is 23.3 Å². The van der Waals surface area contributed by atoms with Gasteiger partial charge >= 0.3 is 5.97 Å². The normalized spacial score (nSPS) is 10.1. The number of benzene rings is 2. The second-order valence-corrected chi connectivity index (χ2v) is 4.20. The molecule has 4 heteroatoms. The second-order valence-electron chi connectivity index (χ2n) is 3.79. The van der Waals surface area contributed by atoms with Crippen LogP contribution in [0.4, 0.5) is 5.69 Å². The molecule has 0 radical (unpaired) electrons. The van der Waals surface area contributed by atoms with Crippen molar-refractivity contribution in [2.75, 3.05) is 5.73 Å². The molecule has 0 saturated carbocycles. The summed E-state index contributed by atoms with van der Waals surface area (Å²) in [6, 6.07) is 13.8. The van der Waals surface area contributed by atoms with Gasteiger partial charge in [0.1, 0.15) is 6.61 Å². The van der Waals surface area contributed by atoms with E-state index in [2.05, 4.69) is 0 Å². The molecule has 2 aromatic rings. The van der Waals surface area contributed by atoms with E-state index in [1.807, 2.05) is 18.2 Å². The first kappa shape index (κ1) is 12.5. The van der Waals surface area contributed by atoms with Crippen LogP contribution < -0.4 is 5.73 Å². The van der Waals surface area contributed by atoms with Crippen LogP contribution in [0.5, 0.6) is 0 Å². The maximum absolute atomic E-state index is 11.7. The van der Waals surface area contributed by atoms with Crippen LogP contribution in [0.1, 0.15) is 15.9 Å². The van der Waals surface area contributed by atoms with Gasteiger partial charge in [-0.3, -0.25) is 0 Å². The Bertz CT molecular complexity index is 552. The molecule has 2 aromatic carbocycles. The molecular weight excluding hydrogens is 250 g/mol. The van der Waals surface area contributed by atoms with Gasteiger partial charge in [-0.15, -0.1) is 0 Å². The number of carbonyl (C=O) groups is 1. The minimum atomic E-state index is -0.394. The Morgan fingerprint density at radius 1 is 1.11 bits per heavy atom. The molecule has 0 bridgehead atoms. The van der Waals surface area contributed by atoms with Crippen molar-refractivity contribution in [1.29, 1.82) is 0 Å². The molecule has 92 valence electrons. The molecule has 0 saturated heterocycles. The number of hydrogen-bond donors (Lipinski definition) is 1. The van der Waals surface area contributed by atoms with Crippen molar-refractivity contribution in [2.45, 2.75) is 6.61 Å². The summed E-state index contributed by atoms with van der Waals surface area (Å²) in [7, 11) is 0. The molecular formula is C14H12ClNO2. The fraction of sp³-hybridized carbons (Fsp3) is 0.0714. The van der Waals surface area contributed by atoms with Crippen LogP contribution in [0.3, 0.4) is 0 Å². The van der Waals surface area contributed by atoms with Gasteiger partial charge in [0.25, 0.3) is 0 Å². The number of esters is 1. The zero-order valence-electron chi connectivity index (χ0n) is 9.60. The molecule has 0 unspecified atom stereocenters. The van der Waals surface area contributed by atoms with Gasteiger partial charge in [-0.2, -0.15) is 0 Å². The first-order valence-electron chi connectivity index (χ1n) is 5.43. The highest BCUT2D eigenvalue weighted by molar-refractivity contribution is 6.31. The molecule has 0 amide bonds. The second kappa shape index (κ2) is 5.56. The first-order valence-corrected chi connectivity index (χ1v) is 5.80. The largest absolute Gasteiger partial charge is 0.457 e. The lowest BCUT2D eigenvalue weighted by molar-refractivity contribution is 0.0473. The van der Waals surface area contributed by atoms with Gasteiger partial charge in [0.05, 0.1) is 5.56 Å². The standard InChI is InChI=1S/C14H12ClNO2/c15-13-4-2-1-3-11(13)9-18-14(17)10-5-7-12(16)8-6-10/h1-8H,9,16H2. The van der Waals surface area contributed by atoms with Crippen LogP contribution in [-0.2, 0) is 11.3 Å². The number of anilines is 1. The van der Waals surface area contributed by atoms with Crippen LogP contribution in [0.25, 0.3) is 0 Å². The van der Waals surface area contributed by atoms with E-state index in [0.29, 0.717) is 16.3 Å². The highest BCUT2D eigenvalue weighted by Gasteiger charge is 2.08. The molecule has 0 aromatic heterocycles. The van der Waals surface area contributed by atoms with Gasteiger partial charge in [-0.05, 0) is 30.3 Å². The topological polar surface area (TPSA) is 52.3 Å². The summed E-state index contributed by atoms with van der Waals surface area (Å²) in [5, 5.41) is 0.586. The number of hydrogen-bond acceptors (Lipinski definition) is 3. The van der Waals surface area contributed by atoms with E-state index < -0.39 is 5.97 Å². The van der Waals surface area contributed by atoms with Crippen molar-refractivity contribution in [2.24, 2.45) is 0 Å². The SMILES string of the molecule is Nc1ccc(C(=O)OCc2ccccc2Cl)cc1. The summed E-state index contributed by atoms with van der Waals surface area (Å²) in [4.78, 5) is 11.7. The zero-order valence-corrected chi connectivity index (χ0v) is 10.4. The quantitative estimate of drug-likeness (QED) is 0.681. The number of carbonyl (C=O) groups excluding carboxylic acids is 1. The Morgan fingerprint density at radius 2 is 1.78 bits per heavy atom. The predicted octanol–water partition coefficient (Wildman–Crippen LogP) is 3.28. The highest BCUT2D eigenvalue weighted by atomic mass is 35.5. The molecule has 18 heavy (non-hydrogen) atoms. The van der Waals surface area contributed by atoms with Crippen LogP contribution in [0.15, 0.2) is 48.5 Å². The maximum Gasteiger partial charge on any atom is 0.338 e. The van der Waals surface area contributed by atoms with Gasteiger partial charge in [0.2, 0.25) is 0 Å². The Morgan fingerprint density at radius 3 is 2.44 bits per heavy atom. The number of ether oxygens (including phenoxy) is 1. The van der Waals surface area contributed by atoms with E-state index in [1.165, 1.54) is 0 Å². The molecule has 0 aliphatic heterocycles. The lowest BCUT2D eigenvalue weighted by Crippen LogP contribution is -2.05. The summed E-state index contributed by atoms with van der Waals surface area (Å²) in [5.74, 6) is -0.394. The zero-order chi connectivity index (χ0) is 13.0. The Hall–Kier alpha value is -2.00. The summed E-state index contributed by atoms with van der Waals surface area (Å²) < 4.78 is 5.17. The van der Waals surface area contributed by atoms with E-state index in [4.69, 9.17) is 22.1 Å². The van der Waals surface area contributed by atoms with Crippen molar-refractivity contribution in [3.05, 3.63) is 64.7 Å². The van der Waals surface area contributed by atoms with Gasteiger partial charge in [0, 0.05) is 16.3 Å². The molecule has 2 N–H and O–H groups in total. The van der Waals surface area contributed by atoms with Gasteiger partial charge < -0.3 is 10.5 Å². The van der Waals surface area contributed by atoms with Gasteiger partial charge in [-0.1, -0.05) is 29.8 Å². The molecule has 0 heterocycles. The molecule has 0 aliphatic carbocycles. The Balaban J connectivity index is 2.01. The van der Waals surface area contributed by atoms with Crippen molar-refractivity contribution in [1.82, 2.24) is 0 Å². The maximum atomic E-state index is 11.7. The lowest BCUT2D eigenvalue weighted by Gasteiger charge is -2.06. The Labute approximate surface area is 110 Å². The van der Waals surface area contributed by atoms with Crippen LogP contribution >= 0.6 is 11.6 Å². The number of nitrogen functional groups attached to an aromatic ring is 1. The van der Waals surface area contributed by atoms with E-state index in [-0.39, 0.29) is 6.61 Å². The van der Waals surface area contributed by atoms with Crippen LogP contribution in [-0.4, -0.2) is 5.97 Å². The molecule has 3 nitrogen and oxygen atoms in total. The third-order valence-corrected chi connectivity index (χ3v) is 2.83. The van der Waals surface area contributed by atoms with Crippen molar-refractivity contribution in [3.8, 4) is 0 Å². The molecule has 2 rings (SSSR count). The fourth-order valence-electron chi connectivity index (χ4n) is 1.46. The van der Waals surface area contributed by atoms with E-state index >= 15 is 0 Å². The summed E-state index contributed by atoms with van der Waals surface area (Å²) in [6.07, 6.45) is 0. The van der Waals surface area contributed by atoms with Gasteiger partial charge in [-0.25, -0.2) is 4.79 Å². The monoisotopic (exact) mass is 261 g/mol. The summed E-state index contributed by atoms with van der Waals surface area (Å²) in [5.41, 5.74) is 7.40. The molecule has 0 atom stereocenters. The third-order valence-electron chi connectivity index (χ3n) is 2.46. The van der Waals surface area contributed by atoms with E-state index in [1.54, 1.807) is 30.3 Å². The summed E-state index contributed by atoms with van der Waals surface area (Å²) >= 11 is 5.97. The highest BCUT2D eigenvalue weighted by Crippen LogP contribution is 2.16. The smallest absolute Gasteiger partial charge is 0.338 e. The fourth-order valence-corrected chi connectivity index (χ4v) is 1.65. The van der Waals surface area contributed by atoms with E-state index in [9.17, 15) is 4.79 Å². The Kier molecular flexibility index (Phi) is 3.85. The number of nitrogens with two attached hydrogens (primary N) is 1. The van der Waals surface area contributed by atoms with E-state index in [0.717, 1.165) is 5.56 Å². The number of halogens is 1.